The zero-order valence-corrected chi connectivity index (χ0v) is 12.4. The predicted molar refractivity (Wildman–Crippen MR) is 82.0 cm³/mol. The molecule has 0 fully saturated rings. The van der Waals surface area contributed by atoms with Crippen LogP contribution in [0.5, 0.6) is 5.75 Å². The maximum atomic E-state index is 12.3. The van der Waals surface area contributed by atoms with Crippen LogP contribution < -0.4 is 15.5 Å². The number of fused-ring (bicyclic) bond motifs is 1. The first kappa shape index (κ1) is 15.1. The van der Waals surface area contributed by atoms with Crippen LogP contribution in [0.1, 0.15) is 10.4 Å². The topological polar surface area (TPSA) is 74.4 Å². The Bertz CT molecular complexity index is 707. The molecule has 6 heteroatoms. The maximum absolute atomic E-state index is 12.3. The first-order valence-electron chi connectivity index (χ1n) is 6.65. The highest BCUT2D eigenvalue weighted by atomic mass is 16.5. The smallest absolute Gasteiger partial charge is 0.256 e. The molecule has 6 nitrogen and oxygen atoms in total. The molecular formula is C15H19N3O3. The lowest BCUT2D eigenvalue weighted by Gasteiger charge is -2.10. The lowest BCUT2D eigenvalue weighted by molar-refractivity contribution is 0.0950. The summed E-state index contributed by atoms with van der Waals surface area (Å²) in [6.45, 7) is 1.21. The van der Waals surface area contributed by atoms with Crippen LogP contribution in [0.25, 0.3) is 10.9 Å². The lowest BCUT2D eigenvalue weighted by atomic mass is 10.1. The number of amides is 1. The van der Waals surface area contributed by atoms with Crippen LogP contribution in [-0.2, 0) is 0 Å². The summed E-state index contributed by atoms with van der Waals surface area (Å²) in [6, 6.07) is 5.08. The van der Waals surface area contributed by atoms with Crippen molar-refractivity contribution in [2.75, 3.05) is 34.3 Å². The van der Waals surface area contributed by atoms with E-state index < -0.39 is 0 Å². The van der Waals surface area contributed by atoms with Gasteiger partial charge in [-0.25, -0.2) is 0 Å². The molecule has 2 N–H and O–H groups in total. The molecule has 0 aliphatic rings. The van der Waals surface area contributed by atoms with Gasteiger partial charge in [0.2, 0.25) is 5.43 Å². The summed E-state index contributed by atoms with van der Waals surface area (Å²) in [5.74, 6) is 0.289. The summed E-state index contributed by atoms with van der Waals surface area (Å²) in [7, 11) is 5.40. The van der Waals surface area contributed by atoms with Gasteiger partial charge in [0, 0.05) is 30.7 Å². The minimum atomic E-state index is -0.365. The van der Waals surface area contributed by atoms with Crippen molar-refractivity contribution in [3.63, 3.8) is 0 Å². The van der Waals surface area contributed by atoms with E-state index in [4.69, 9.17) is 4.74 Å². The minimum absolute atomic E-state index is 0.117. The van der Waals surface area contributed by atoms with E-state index in [0.717, 1.165) is 0 Å². The second-order valence-corrected chi connectivity index (χ2v) is 5.00. The van der Waals surface area contributed by atoms with Crippen molar-refractivity contribution in [2.45, 2.75) is 0 Å². The molecular weight excluding hydrogens is 270 g/mol. The van der Waals surface area contributed by atoms with Crippen LogP contribution in [0.4, 0.5) is 0 Å². The van der Waals surface area contributed by atoms with Crippen molar-refractivity contribution in [1.29, 1.82) is 0 Å². The van der Waals surface area contributed by atoms with Gasteiger partial charge in [0.05, 0.1) is 12.6 Å². The van der Waals surface area contributed by atoms with Gasteiger partial charge in [-0.2, -0.15) is 0 Å². The Labute approximate surface area is 122 Å². The molecule has 1 heterocycles. The van der Waals surface area contributed by atoms with E-state index in [1.807, 2.05) is 19.0 Å². The summed E-state index contributed by atoms with van der Waals surface area (Å²) in [6.07, 6.45) is 1.44. The molecule has 0 aliphatic carbocycles. The first-order chi connectivity index (χ1) is 10.0. The molecule has 0 saturated heterocycles. The normalized spacial score (nSPS) is 10.9. The fourth-order valence-corrected chi connectivity index (χ4v) is 1.99. The molecule has 0 saturated carbocycles. The number of rotatable bonds is 5. The lowest BCUT2D eigenvalue weighted by Crippen LogP contribution is -2.34. The highest BCUT2D eigenvalue weighted by Crippen LogP contribution is 2.16. The molecule has 112 valence electrons. The highest BCUT2D eigenvalue weighted by molar-refractivity contribution is 5.97. The Balaban J connectivity index is 2.27. The molecule has 1 aromatic heterocycles. The number of carbonyl (C=O) groups is 1. The van der Waals surface area contributed by atoms with Crippen LogP contribution in [0.2, 0.25) is 0 Å². The third-order valence-corrected chi connectivity index (χ3v) is 3.18. The number of nitrogens with zero attached hydrogens (tertiary/aromatic N) is 1. The van der Waals surface area contributed by atoms with Gasteiger partial charge in [0.25, 0.3) is 5.91 Å². The van der Waals surface area contributed by atoms with Gasteiger partial charge >= 0.3 is 0 Å². The van der Waals surface area contributed by atoms with E-state index in [1.165, 1.54) is 6.20 Å². The van der Waals surface area contributed by atoms with Gasteiger partial charge in [-0.15, -0.1) is 0 Å². The molecule has 0 unspecified atom stereocenters. The number of benzene rings is 1. The molecule has 2 rings (SSSR count). The van der Waals surface area contributed by atoms with Crippen LogP contribution in [0.15, 0.2) is 29.2 Å². The minimum Gasteiger partial charge on any atom is -0.497 e. The third kappa shape index (κ3) is 3.41. The summed E-state index contributed by atoms with van der Waals surface area (Å²) in [5, 5.41) is 3.20. The van der Waals surface area contributed by atoms with E-state index in [1.54, 1.807) is 25.3 Å². The fourth-order valence-electron chi connectivity index (χ4n) is 1.99. The molecule has 0 atom stereocenters. The monoisotopic (exact) mass is 289 g/mol. The second-order valence-electron chi connectivity index (χ2n) is 5.00. The van der Waals surface area contributed by atoms with Gasteiger partial charge in [0.15, 0.2) is 0 Å². The Morgan fingerprint density at radius 2 is 2.14 bits per heavy atom. The number of hydrogen-bond acceptors (Lipinski definition) is 4. The van der Waals surface area contributed by atoms with Gasteiger partial charge in [-0.1, -0.05) is 0 Å². The standard InChI is InChI=1S/C15H19N3O3/c1-18(2)7-6-16-15(20)12-9-17-13-8-10(21-3)4-5-11(13)14(12)19/h4-5,8-9H,6-7H2,1-3H3,(H,16,20)(H,17,19). The molecule has 1 aromatic carbocycles. The largest absolute Gasteiger partial charge is 0.497 e. The van der Waals surface area contributed by atoms with Gasteiger partial charge in [0.1, 0.15) is 11.3 Å². The van der Waals surface area contributed by atoms with Crippen LogP contribution >= 0.6 is 0 Å². The van der Waals surface area contributed by atoms with Crippen molar-refractivity contribution < 1.29 is 9.53 Å². The van der Waals surface area contributed by atoms with E-state index in [0.29, 0.717) is 29.7 Å². The summed E-state index contributed by atoms with van der Waals surface area (Å²) < 4.78 is 5.11. The van der Waals surface area contributed by atoms with Crippen LogP contribution in [0, 0.1) is 0 Å². The van der Waals surface area contributed by atoms with E-state index in [9.17, 15) is 9.59 Å². The van der Waals surface area contributed by atoms with E-state index in [2.05, 4.69) is 10.3 Å². The molecule has 0 aliphatic heterocycles. The summed E-state index contributed by atoms with van der Waals surface area (Å²) >= 11 is 0. The third-order valence-electron chi connectivity index (χ3n) is 3.18. The highest BCUT2D eigenvalue weighted by Gasteiger charge is 2.12. The number of aromatic amines is 1. The predicted octanol–water partition coefficient (Wildman–Crippen LogP) is 0.828. The number of ether oxygens (including phenoxy) is 1. The number of aromatic nitrogens is 1. The molecule has 0 spiro atoms. The number of nitrogens with one attached hydrogen (secondary N) is 2. The quantitative estimate of drug-likeness (QED) is 0.855. The van der Waals surface area contributed by atoms with Crippen LogP contribution in [-0.4, -0.2) is 50.1 Å². The molecule has 0 radical (unpaired) electrons. The van der Waals surface area contributed by atoms with Gasteiger partial charge in [-0.3, -0.25) is 9.59 Å². The van der Waals surface area contributed by atoms with E-state index in [-0.39, 0.29) is 16.9 Å². The molecule has 2 aromatic rings. The van der Waals surface area contributed by atoms with Crippen molar-refractivity contribution >= 4 is 16.8 Å². The Kier molecular flexibility index (Phi) is 4.59. The van der Waals surface area contributed by atoms with Crippen LogP contribution in [0.3, 0.4) is 0 Å². The molecule has 0 bridgehead atoms. The number of carbonyl (C=O) groups excluding carboxylic acids is 1. The van der Waals surface area contributed by atoms with Crippen molar-refractivity contribution in [2.24, 2.45) is 0 Å². The Morgan fingerprint density at radius 1 is 1.38 bits per heavy atom. The Morgan fingerprint density at radius 3 is 2.81 bits per heavy atom. The first-order valence-corrected chi connectivity index (χ1v) is 6.65. The zero-order chi connectivity index (χ0) is 15.4. The number of likely N-dealkylation sites (N-methyl/N-ethyl adjacent to an activating group) is 1. The fraction of sp³-hybridized carbons (Fsp3) is 0.333. The van der Waals surface area contributed by atoms with Crippen molar-refractivity contribution in [1.82, 2.24) is 15.2 Å². The zero-order valence-electron chi connectivity index (χ0n) is 12.4. The van der Waals surface area contributed by atoms with Gasteiger partial charge in [-0.05, 0) is 26.2 Å². The average Bonchev–Trinajstić information content (AvgIpc) is 2.46. The number of H-pyrrole nitrogens is 1. The van der Waals surface area contributed by atoms with Crippen molar-refractivity contribution in [3.05, 3.63) is 40.2 Å². The molecule has 21 heavy (non-hydrogen) atoms. The number of pyridine rings is 1. The summed E-state index contributed by atoms with van der Waals surface area (Å²) in [5.41, 5.74) is 0.476. The summed E-state index contributed by atoms with van der Waals surface area (Å²) in [4.78, 5) is 29.3. The van der Waals surface area contributed by atoms with Crippen molar-refractivity contribution in [3.8, 4) is 5.75 Å². The number of methoxy groups -OCH3 is 1. The van der Waals surface area contributed by atoms with E-state index >= 15 is 0 Å². The van der Waals surface area contributed by atoms with Gasteiger partial charge < -0.3 is 19.9 Å². The number of hydrogen-bond donors (Lipinski definition) is 2. The second kappa shape index (κ2) is 6.41. The molecule has 1 amide bonds. The SMILES string of the molecule is COc1ccc2c(=O)c(C(=O)NCCN(C)C)c[nH]c2c1. The Hall–Kier alpha value is -2.34. The maximum Gasteiger partial charge on any atom is 0.256 e. The average molecular weight is 289 g/mol.